The number of nitrogens with two attached hydrogens (primary N) is 1. The van der Waals surface area contributed by atoms with Gasteiger partial charge in [0.2, 0.25) is 0 Å². The minimum Gasteiger partial charge on any atom is -0.497 e. The first kappa shape index (κ1) is 10.8. The van der Waals surface area contributed by atoms with Crippen molar-refractivity contribution in [2.75, 3.05) is 12.8 Å². The van der Waals surface area contributed by atoms with Crippen molar-refractivity contribution in [3.8, 4) is 11.5 Å². The number of nitrogens with zero attached hydrogens (tertiary/aromatic N) is 1. The highest BCUT2D eigenvalue weighted by atomic mass is 32.1. The van der Waals surface area contributed by atoms with Crippen molar-refractivity contribution in [3.05, 3.63) is 35.5 Å². The van der Waals surface area contributed by atoms with E-state index in [1.165, 1.54) is 11.3 Å². The molecular formula is C11H12N2O2S. The predicted octanol–water partition coefficient (Wildman–Crippen LogP) is 2.31. The maximum atomic E-state index is 5.57. The molecule has 1 heterocycles. The van der Waals surface area contributed by atoms with Crippen LogP contribution in [0.2, 0.25) is 0 Å². The van der Waals surface area contributed by atoms with Crippen LogP contribution in [-0.4, -0.2) is 12.1 Å². The molecule has 0 saturated heterocycles. The van der Waals surface area contributed by atoms with Crippen LogP contribution >= 0.6 is 11.3 Å². The topological polar surface area (TPSA) is 57.4 Å². The van der Waals surface area contributed by atoms with Crippen LogP contribution in [-0.2, 0) is 6.61 Å². The molecule has 0 amide bonds. The average Bonchev–Trinajstić information content (AvgIpc) is 2.73. The number of rotatable bonds is 4. The number of hydrogen-bond donors (Lipinski definition) is 1. The smallest absolute Gasteiger partial charge is 0.140 e. The Morgan fingerprint density at radius 3 is 2.50 bits per heavy atom. The molecule has 84 valence electrons. The number of anilines is 1. The zero-order valence-electron chi connectivity index (χ0n) is 8.84. The number of nitrogen functional groups attached to an aromatic ring is 1. The lowest BCUT2D eigenvalue weighted by molar-refractivity contribution is 0.305. The number of methoxy groups -OCH3 is 1. The van der Waals surface area contributed by atoms with Crippen molar-refractivity contribution in [1.29, 1.82) is 0 Å². The summed E-state index contributed by atoms with van der Waals surface area (Å²) in [4.78, 5) is 4.11. The second-order valence-electron chi connectivity index (χ2n) is 3.12. The monoisotopic (exact) mass is 236 g/mol. The van der Waals surface area contributed by atoms with E-state index < -0.39 is 0 Å². The Labute approximate surface area is 97.6 Å². The fourth-order valence-corrected chi connectivity index (χ4v) is 1.81. The molecule has 0 atom stereocenters. The molecule has 4 nitrogen and oxygen atoms in total. The van der Waals surface area contributed by atoms with E-state index >= 15 is 0 Å². The van der Waals surface area contributed by atoms with Crippen molar-refractivity contribution >= 4 is 16.3 Å². The highest BCUT2D eigenvalue weighted by molar-refractivity contribution is 7.15. The van der Waals surface area contributed by atoms with Crippen LogP contribution in [0, 0.1) is 0 Å². The molecule has 0 fully saturated rings. The SMILES string of the molecule is COc1ccc(OCc2ncc(N)s2)cc1. The zero-order chi connectivity index (χ0) is 11.4. The summed E-state index contributed by atoms with van der Waals surface area (Å²) in [5.41, 5.74) is 5.57. The minimum atomic E-state index is 0.439. The number of hydrogen-bond acceptors (Lipinski definition) is 5. The molecule has 1 aromatic carbocycles. The molecule has 0 aliphatic carbocycles. The molecule has 0 unspecified atom stereocenters. The van der Waals surface area contributed by atoms with Gasteiger partial charge in [-0.05, 0) is 24.3 Å². The maximum absolute atomic E-state index is 5.57. The number of ether oxygens (including phenoxy) is 2. The van der Waals surface area contributed by atoms with Crippen LogP contribution in [0.1, 0.15) is 5.01 Å². The van der Waals surface area contributed by atoms with E-state index in [0.717, 1.165) is 16.5 Å². The summed E-state index contributed by atoms with van der Waals surface area (Å²) in [6, 6.07) is 7.42. The van der Waals surface area contributed by atoms with Crippen LogP contribution in [0.5, 0.6) is 11.5 Å². The Bertz CT molecular complexity index is 453. The van der Waals surface area contributed by atoms with Crippen molar-refractivity contribution in [3.63, 3.8) is 0 Å². The highest BCUT2D eigenvalue weighted by Gasteiger charge is 2.00. The average molecular weight is 236 g/mol. The molecule has 5 heteroatoms. The van der Waals surface area contributed by atoms with E-state index in [4.69, 9.17) is 15.2 Å². The third-order valence-corrected chi connectivity index (χ3v) is 2.79. The molecule has 16 heavy (non-hydrogen) atoms. The Kier molecular flexibility index (Phi) is 3.26. The summed E-state index contributed by atoms with van der Waals surface area (Å²) in [6.45, 7) is 0.439. The van der Waals surface area contributed by atoms with Crippen molar-refractivity contribution in [1.82, 2.24) is 4.98 Å². The van der Waals surface area contributed by atoms with E-state index in [1.54, 1.807) is 13.3 Å². The molecule has 0 radical (unpaired) electrons. The van der Waals surface area contributed by atoms with Crippen LogP contribution in [0.4, 0.5) is 5.00 Å². The summed E-state index contributed by atoms with van der Waals surface area (Å²) in [6.07, 6.45) is 1.64. The Hall–Kier alpha value is -1.75. The summed E-state index contributed by atoms with van der Waals surface area (Å²) in [7, 11) is 1.63. The van der Waals surface area contributed by atoms with Gasteiger partial charge in [0.15, 0.2) is 0 Å². The third kappa shape index (κ3) is 2.64. The molecule has 0 bridgehead atoms. The molecule has 1 aromatic heterocycles. The lowest BCUT2D eigenvalue weighted by Gasteiger charge is -2.04. The summed E-state index contributed by atoms with van der Waals surface area (Å²) >= 11 is 1.43. The first-order chi connectivity index (χ1) is 7.78. The van der Waals surface area contributed by atoms with Crippen molar-refractivity contribution in [2.45, 2.75) is 6.61 Å². The Morgan fingerprint density at radius 1 is 1.25 bits per heavy atom. The molecule has 0 aliphatic heterocycles. The predicted molar refractivity (Wildman–Crippen MR) is 63.9 cm³/mol. The van der Waals surface area contributed by atoms with E-state index in [9.17, 15) is 0 Å². The van der Waals surface area contributed by atoms with E-state index in [-0.39, 0.29) is 0 Å². The molecular weight excluding hydrogens is 224 g/mol. The number of thiazole rings is 1. The van der Waals surface area contributed by atoms with Gasteiger partial charge >= 0.3 is 0 Å². The van der Waals surface area contributed by atoms with Gasteiger partial charge in [0.05, 0.1) is 13.3 Å². The van der Waals surface area contributed by atoms with Crippen molar-refractivity contribution < 1.29 is 9.47 Å². The van der Waals surface area contributed by atoms with E-state index in [1.807, 2.05) is 24.3 Å². The lowest BCUT2D eigenvalue weighted by Crippen LogP contribution is -1.94. The van der Waals surface area contributed by atoms with Gasteiger partial charge in [0, 0.05) is 0 Å². The first-order valence-electron chi connectivity index (χ1n) is 4.75. The van der Waals surface area contributed by atoms with Gasteiger partial charge in [-0.3, -0.25) is 0 Å². The fraction of sp³-hybridized carbons (Fsp3) is 0.182. The van der Waals surface area contributed by atoms with Crippen LogP contribution in [0.3, 0.4) is 0 Å². The summed E-state index contributed by atoms with van der Waals surface area (Å²) < 4.78 is 10.6. The molecule has 2 N–H and O–H groups in total. The van der Waals surface area contributed by atoms with Gasteiger partial charge in [-0.1, -0.05) is 11.3 Å². The Balaban J connectivity index is 1.94. The second-order valence-corrected chi connectivity index (χ2v) is 4.27. The zero-order valence-corrected chi connectivity index (χ0v) is 9.66. The van der Waals surface area contributed by atoms with Gasteiger partial charge in [0.25, 0.3) is 0 Å². The highest BCUT2D eigenvalue weighted by Crippen LogP contribution is 2.20. The van der Waals surface area contributed by atoms with E-state index in [2.05, 4.69) is 4.98 Å². The molecule has 2 aromatic rings. The molecule has 0 saturated carbocycles. The summed E-state index contributed by atoms with van der Waals surface area (Å²) in [5, 5.41) is 1.57. The van der Waals surface area contributed by atoms with Crippen LogP contribution in [0.25, 0.3) is 0 Å². The standard InChI is InChI=1S/C11H12N2O2S/c1-14-8-2-4-9(5-3-8)15-7-11-13-6-10(12)16-11/h2-6H,7,12H2,1H3. The maximum Gasteiger partial charge on any atom is 0.140 e. The van der Waals surface area contributed by atoms with Crippen molar-refractivity contribution in [2.24, 2.45) is 0 Å². The Morgan fingerprint density at radius 2 is 1.94 bits per heavy atom. The largest absolute Gasteiger partial charge is 0.497 e. The van der Waals surface area contributed by atoms with Gasteiger partial charge in [0.1, 0.15) is 28.1 Å². The number of benzene rings is 1. The van der Waals surface area contributed by atoms with Crippen LogP contribution < -0.4 is 15.2 Å². The van der Waals surface area contributed by atoms with Gasteiger partial charge in [-0.15, -0.1) is 0 Å². The normalized spacial score (nSPS) is 10.1. The number of aromatic nitrogens is 1. The van der Waals surface area contributed by atoms with Gasteiger partial charge < -0.3 is 15.2 Å². The lowest BCUT2D eigenvalue weighted by atomic mass is 10.3. The van der Waals surface area contributed by atoms with Gasteiger partial charge in [-0.2, -0.15) is 0 Å². The first-order valence-corrected chi connectivity index (χ1v) is 5.56. The van der Waals surface area contributed by atoms with E-state index in [0.29, 0.717) is 11.6 Å². The molecule has 0 aliphatic rings. The molecule has 2 rings (SSSR count). The molecule has 0 spiro atoms. The van der Waals surface area contributed by atoms with Gasteiger partial charge in [-0.25, -0.2) is 4.98 Å². The third-order valence-electron chi connectivity index (χ3n) is 1.99. The van der Waals surface area contributed by atoms with Crippen LogP contribution in [0.15, 0.2) is 30.5 Å². The minimum absolute atomic E-state index is 0.439. The quantitative estimate of drug-likeness (QED) is 0.885. The fourth-order valence-electron chi connectivity index (χ4n) is 1.21. The summed E-state index contributed by atoms with van der Waals surface area (Å²) in [5.74, 6) is 1.60. The second kappa shape index (κ2) is 4.85.